The molecule has 1 saturated carbocycles. The predicted octanol–water partition coefficient (Wildman–Crippen LogP) is 5.20. The summed E-state index contributed by atoms with van der Waals surface area (Å²) in [6.45, 7) is 1.91. The fraction of sp³-hybridized carbons (Fsp3) is 0.364. The van der Waals surface area contributed by atoms with Crippen LogP contribution in [0, 0.1) is 6.92 Å². The van der Waals surface area contributed by atoms with Gasteiger partial charge in [-0.3, -0.25) is 0 Å². The first kappa shape index (κ1) is 21.6. The lowest BCUT2D eigenvalue weighted by atomic mass is 9.98. The Morgan fingerprint density at radius 3 is 2.28 bits per heavy atom. The molecule has 1 fully saturated rings. The first-order valence-corrected chi connectivity index (χ1v) is 12.4. The van der Waals surface area contributed by atoms with Crippen LogP contribution in [0.5, 0.6) is 0 Å². The van der Waals surface area contributed by atoms with Crippen LogP contribution in [0.3, 0.4) is 0 Å². The molecule has 7 heteroatoms. The lowest BCUT2D eigenvalue weighted by Gasteiger charge is -2.23. The third-order valence-electron chi connectivity index (χ3n) is 4.75. The van der Waals surface area contributed by atoms with E-state index in [0.29, 0.717) is 10.8 Å². The summed E-state index contributed by atoms with van der Waals surface area (Å²) in [5, 5.41) is 0.443. The van der Waals surface area contributed by atoms with Gasteiger partial charge in [0, 0.05) is 5.56 Å². The lowest BCUT2D eigenvalue weighted by molar-refractivity contribution is 0.149. The van der Waals surface area contributed by atoms with E-state index >= 15 is 0 Å². The molecule has 2 aromatic carbocycles. The van der Waals surface area contributed by atoms with Crippen molar-refractivity contribution in [1.29, 1.82) is 0 Å². The van der Waals surface area contributed by atoms with Gasteiger partial charge < -0.3 is 4.74 Å². The number of ether oxygens (including phenoxy) is 1. The van der Waals surface area contributed by atoms with Gasteiger partial charge >= 0.3 is 0 Å². The third-order valence-corrected chi connectivity index (χ3v) is 6.57. The first-order valence-electron chi connectivity index (χ1n) is 9.74. The fourth-order valence-electron chi connectivity index (χ4n) is 3.13. The zero-order valence-electron chi connectivity index (χ0n) is 16.7. The van der Waals surface area contributed by atoms with Crippen LogP contribution in [0.2, 0.25) is 0 Å². The molecule has 0 amide bonds. The summed E-state index contributed by atoms with van der Waals surface area (Å²) in [6.07, 6.45) is 7.52. The summed E-state index contributed by atoms with van der Waals surface area (Å²) in [7, 11) is -3.90. The van der Waals surface area contributed by atoms with Crippen LogP contribution in [-0.4, -0.2) is 31.8 Å². The Balaban J connectivity index is 1.97. The van der Waals surface area contributed by atoms with Crippen LogP contribution in [0.15, 0.2) is 68.9 Å². The van der Waals surface area contributed by atoms with Crippen molar-refractivity contribution in [3.05, 3.63) is 65.7 Å². The molecule has 3 rings (SSSR count). The standard InChI is InChI=1S/C22H26N2O3S2/c1-17-13-15-20(16-14-17)29(25,26)24-21(18-9-5-3-6-10-18)23-22(28-2)27-19-11-7-4-8-12-19/h3,5-6,9-10,13-16,19H,4,7-8,11-12H2,1-2H3/b23-22?,24-21+. The summed E-state index contributed by atoms with van der Waals surface area (Å²) in [5.41, 5.74) is 1.61. The zero-order valence-corrected chi connectivity index (χ0v) is 18.4. The minimum absolute atomic E-state index is 0.126. The molecule has 0 N–H and O–H groups in total. The maximum Gasteiger partial charge on any atom is 0.284 e. The number of nitrogens with zero attached hydrogens (tertiary/aromatic N) is 2. The molecule has 0 saturated heterocycles. The molecule has 5 nitrogen and oxygen atoms in total. The molecular formula is C22H26N2O3S2. The average molecular weight is 431 g/mol. The number of benzene rings is 2. The largest absolute Gasteiger partial charge is 0.469 e. The maximum atomic E-state index is 12.9. The Labute approximate surface area is 177 Å². The second-order valence-electron chi connectivity index (χ2n) is 7.03. The van der Waals surface area contributed by atoms with E-state index in [2.05, 4.69) is 9.39 Å². The molecule has 0 atom stereocenters. The molecular weight excluding hydrogens is 404 g/mol. The van der Waals surface area contributed by atoms with Crippen molar-refractivity contribution in [2.45, 2.75) is 50.0 Å². The Bertz CT molecular complexity index is 963. The van der Waals surface area contributed by atoms with E-state index in [9.17, 15) is 8.42 Å². The number of rotatable bonds is 4. The Hall–Kier alpha value is -2.12. The second kappa shape index (κ2) is 10.1. The zero-order chi connectivity index (χ0) is 20.7. The fourth-order valence-corrected chi connectivity index (χ4v) is 4.50. The summed E-state index contributed by atoms with van der Waals surface area (Å²) >= 11 is 1.36. The van der Waals surface area contributed by atoms with E-state index in [0.717, 1.165) is 31.2 Å². The maximum absolute atomic E-state index is 12.9. The second-order valence-corrected chi connectivity index (χ2v) is 9.39. The van der Waals surface area contributed by atoms with Gasteiger partial charge in [-0.1, -0.05) is 66.2 Å². The van der Waals surface area contributed by atoms with Crippen molar-refractivity contribution in [1.82, 2.24) is 0 Å². The van der Waals surface area contributed by atoms with E-state index in [1.807, 2.05) is 31.4 Å². The van der Waals surface area contributed by atoms with Crippen LogP contribution < -0.4 is 0 Å². The van der Waals surface area contributed by atoms with Crippen LogP contribution in [-0.2, 0) is 14.8 Å². The average Bonchev–Trinajstić information content (AvgIpc) is 2.74. The number of aryl methyl sites for hydroxylation is 1. The van der Waals surface area contributed by atoms with Crippen LogP contribution in [0.1, 0.15) is 43.2 Å². The van der Waals surface area contributed by atoms with E-state index in [1.165, 1.54) is 18.2 Å². The van der Waals surface area contributed by atoms with Gasteiger partial charge in [-0.05, 0) is 51.0 Å². The molecule has 0 unspecified atom stereocenters. The SMILES string of the molecule is CSC(=N/C(=N/S(=O)(=O)c1ccc(C)cc1)c1ccccc1)OC1CCCCC1. The van der Waals surface area contributed by atoms with Crippen LogP contribution in [0.4, 0.5) is 0 Å². The summed E-state index contributed by atoms with van der Waals surface area (Å²) < 4.78 is 35.9. The van der Waals surface area contributed by atoms with Gasteiger partial charge in [0.1, 0.15) is 6.10 Å². The molecule has 1 aliphatic rings. The quantitative estimate of drug-likeness (QED) is 0.494. The highest BCUT2D eigenvalue weighted by atomic mass is 32.2. The van der Waals surface area contributed by atoms with Gasteiger partial charge in [0.05, 0.1) is 4.90 Å². The van der Waals surface area contributed by atoms with Gasteiger partial charge in [-0.25, -0.2) is 0 Å². The molecule has 1 aliphatic carbocycles. The molecule has 2 aromatic rings. The predicted molar refractivity (Wildman–Crippen MR) is 120 cm³/mol. The Kier molecular flexibility index (Phi) is 7.50. The summed E-state index contributed by atoms with van der Waals surface area (Å²) in [5.74, 6) is 0.131. The number of amidine groups is 1. The first-order chi connectivity index (χ1) is 14.0. The van der Waals surface area contributed by atoms with Crippen molar-refractivity contribution in [3.63, 3.8) is 0 Å². The molecule has 0 heterocycles. The highest BCUT2D eigenvalue weighted by molar-refractivity contribution is 8.13. The number of aliphatic imine (C=N–C) groups is 1. The topological polar surface area (TPSA) is 68.1 Å². The van der Waals surface area contributed by atoms with Crippen molar-refractivity contribution in [2.75, 3.05) is 6.26 Å². The smallest absolute Gasteiger partial charge is 0.284 e. The third kappa shape index (κ3) is 6.18. The van der Waals surface area contributed by atoms with Crippen LogP contribution in [0.25, 0.3) is 0 Å². The number of hydrogen-bond acceptors (Lipinski definition) is 4. The van der Waals surface area contributed by atoms with Crippen molar-refractivity contribution in [3.8, 4) is 0 Å². The van der Waals surface area contributed by atoms with Gasteiger partial charge in [0.2, 0.25) is 0 Å². The van der Waals surface area contributed by atoms with Crippen molar-refractivity contribution in [2.24, 2.45) is 9.39 Å². The van der Waals surface area contributed by atoms with E-state index in [4.69, 9.17) is 4.74 Å². The van der Waals surface area contributed by atoms with Gasteiger partial charge in [-0.15, -0.1) is 4.40 Å². The summed E-state index contributed by atoms with van der Waals surface area (Å²) in [4.78, 5) is 4.66. The summed E-state index contributed by atoms with van der Waals surface area (Å²) in [6, 6.07) is 15.8. The Morgan fingerprint density at radius 1 is 1.00 bits per heavy atom. The molecule has 0 spiro atoms. The highest BCUT2D eigenvalue weighted by Crippen LogP contribution is 2.23. The van der Waals surface area contributed by atoms with Gasteiger partial charge in [0.15, 0.2) is 5.84 Å². The minimum atomic E-state index is -3.90. The molecule has 0 aromatic heterocycles. The minimum Gasteiger partial charge on any atom is -0.469 e. The van der Waals surface area contributed by atoms with E-state index in [-0.39, 0.29) is 16.8 Å². The lowest BCUT2D eigenvalue weighted by Crippen LogP contribution is -2.20. The van der Waals surface area contributed by atoms with E-state index < -0.39 is 10.0 Å². The number of thioether (sulfide) groups is 1. The molecule has 0 bridgehead atoms. The highest BCUT2D eigenvalue weighted by Gasteiger charge is 2.19. The molecule has 29 heavy (non-hydrogen) atoms. The van der Waals surface area contributed by atoms with Gasteiger partial charge in [0.25, 0.3) is 15.3 Å². The van der Waals surface area contributed by atoms with Gasteiger partial charge in [-0.2, -0.15) is 13.4 Å². The number of hydrogen-bond donors (Lipinski definition) is 0. The van der Waals surface area contributed by atoms with Crippen LogP contribution >= 0.6 is 11.8 Å². The number of sulfonamides is 1. The monoisotopic (exact) mass is 430 g/mol. The molecule has 0 aliphatic heterocycles. The normalized spacial score (nSPS) is 16.6. The molecule has 0 radical (unpaired) electrons. The molecule has 154 valence electrons. The Morgan fingerprint density at radius 2 is 1.66 bits per heavy atom. The van der Waals surface area contributed by atoms with Crippen molar-refractivity contribution >= 4 is 32.9 Å². The van der Waals surface area contributed by atoms with Crippen molar-refractivity contribution < 1.29 is 13.2 Å². The van der Waals surface area contributed by atoms with E-state index in [1.54, 1.807) is 36.4 Å².